The van der Waals surface area contributed by atoms with E-state index in [0.717, 1.165) is 18.9 Å². The van der Waals surface area contributed by atoms with Crippen LogP contribution in [0.4, 0.5) is 9.18 Å². The molecule has 0 heterocycles. The molecule has 1 aromatic carbocycles. The van der Waals surface area contributed by atoms with Gasteiger partial charge in [0, 0.05) is 25.2 Å². The van der Waals surface area contributed by atoms with Gasteiger partial charge in [-0.3, -0.25) is 0 Å². The van der Waals surface area contributed by atoms with Crippen molar-refractivity contribution in [2.45, 2.75) is 51.8 Å². The topological polar surface area (TPSA) is 70.6 Å². The second-order valence-electron chi connectivity index (χ2n) is 7.03. The van der Waals surface area contributed by atoms with Crippen LogP contribution in [-0.4, -0.2) is 29.4 Å². The lowest BCUT2D eigenvalue weighted by molar-refractivity contribution is 0.0521. The van der Waals surface area contributed by atoms with Crippen LogP contribution in [0.5, 0.6) is 5.75 Å². The van der Waals surface area contributed by atoms with E-state index in [-0.39, 0.29) is 11.8 Å². The fourth-order valence-electron chi connectivity index (χ4n) is 2.40. The first-order chi connectivity index (χ1) is 10.7. The Labute approximate surface area is 136 Å². The van der Waals surface area contributed by atoms with Gasteiger partial charge in [0.25, 0.3) is 0 Å². The highest BCUT2D eigenvalue weighted by atomic mass is 19.1. The number of nitrogens with one attached hydrogen (secondary N) is 2. The monoisotopic (exact) mass is 324 g/mol. The van der Waals surface area contributed by atoms with Gasteiger partial charge in [0.2, 0.25) is 0 Å². The smallest absolute Gasteiger partial charge is 0.407 e. The van der Waals surface area contributed by atoms with Crippen LogP contribution >= 0.6 is 0 Å². The third-order valence-corrected chi connectivity index (χ3v) is 3.57. The summed E-state index contributed by atoms with van der Waals surface area (Å²) < 4.78 is 18.5. The van der Waals surface area contributed by atoms with Crippen molar-refractivity contribution in [2.75, 3.05) is 6.54 Å². The SMILES string of the molecule is CC(C)(C)OC(=O)NCC(NCc1cc(O)cc(F)c1)C1CC1. The summed E-state index contributed by atoms with van der Waals surface area (Å²) in [5, 5.41) is 15.5. The normalized spacial score (nSPS) is 16.0. The molecule has 0 aliphatic heterocycles. The molecule has 6 heteroatoms. The predicted octanol–water partition coefficient (Wildman–Crippen LogP) is 2.92. The Hall–Kier alpha value is -1.82. The fourth-order valence-corrected chi connectivity index (χ4v) is 2.40. The van der Waals surface area contributed by atoms with Crippen molar-refractivity contribution in [3.8, 4) is 5.75 Å². The van der Waals surface area contributed by atoms with Crippen LogP contribution < -0.4 is 10.6 Å². The number of aromatic hydroxyl groups is 1. The molecule has 1 amide bonds. The van der Waals surface area contributed by atoms with Gasteiger partial charge in [-0.2, -0.15) is 0 Å². The molecular formula is C17H25FN2O3. The molecule has 0 aromatic heterocycles. The van der Waals surface area contributed by atoms with E-state index in [1.54, 1.807) is 0 Å². The predicted molar refractivity (Wildman–Crippen MR) is 85.7 cm³/mol. The molecule has 3 N–H and O–H groups in total. The second-order valence-corrected chi connectivity index (χ2v) is 7.03. The average molecular weight is 324 g/mol. The minimum atomic E-state index is -0.522. The molecule has 0 radical (unpaired) electrons. The summed E-state index contributed by atoms with van der Waals surface area (Å²) in [6.45, 7) is 6.35. The van der Waals surface area contributed by atoms with Crippen LogP contribution in [0.25, 0.3) is 0 Å². The minimum Gasteiger partial charge on any atom is -0.508 e. The van der Waals surface area contributed by atoms with Crippen LogP contribution in [0.3, 0.4) is 0 Å². The summed E-state index contributed by atoms with van der Waals surface area (Å²) in [6, 6.07) is 4.10. The fraction of sp³-hybridized carbons (Fsp3) is 0.588. The maximum Gasteiger partial charge on any atom is 0.407 e. The summed E-state index contributed by atoms with van der Waals surface area (Å²) >= 11 is 0. The maximum absolute atomic E-state index is 13.3. The molecule has 23 heavy (non-hydrogen) atoms. The molecule has 5 nitrogen and oxygen atoms in total. The molecule has 1 unspecified atom stereocenters. The Kier molecular flexibility index (Phi) is 5.46. The quantitative estimate of drug-likeness (QED) is 0.752. The van der Waals surface area contributed by atoms with E-state index in [9.17, 15) is 14.3 Å². The molecule has 1 aromatic rings. The Bertz CT molecular complexity index is 533. The number of ether oxygens (including phenoxy) is 1. The lowest BCUT2D eigenvalue weighted by Gasteiger charge is -2.22. The number of halogens is 1. The minimum absolute atomic E-state index is 0.0864. The lowest BCUT2D eigenvalue weighted by atomic mass is 10.1. The number of hydrogen-bond acceptors (Lipinski definition) is 4. The van der Waals surface area contributed by atoms with Crippen LogP contribution in [0.2, 0.25) is 0 Å². The maximum atomic E-state index is 13.3. The average Bonchev–Trinajstić information content (AvgIpc) is 3.19. The van der Waals surface area contributed by atoms with Crippen molar-refractivity contribution in [1.82, 2.24) is 10.6 Å². The molecule has 1 fully saturated rings. The third-order valence-electron chi connectivity index (χ3n) is 3.57. The number of amides is 1. The van der Waals surface area contributed by atoms with Crippen molar-refractivity contribution in [1.29, 1.82) is 0 Å². The van der Waals surface area contributed by atoms with Crippen molar-refractivity contribution in [2.24, 2.45) is 5.92 Å². The highest BCUT2D eigenvalue weighted by Gasteiger charge is 2.31. The Morgan fingerprint density at radius 1 is 1.39 bits per heavy atom. The van der Waals surface area contributed by atoms with Crippen molar-refractivity contribution in [3.63, 3.8) is 0 Å². The summed E-state index contributed by atoms with van der Waals surface area (Å²) in [7, 11) is 0. The van der Waals surface area contributed by atoms with Gasteiger partial charge in [-0.15, -0.1) is 0 Å². The second kappa shape index (κ2) is 7.17. The molecule has 1 aliphatic carbocycles. The molecule has 0 spiro atoms. The van der Waals surface area contributed by atoms with E-state index in [1.807, 2.05) is 20.8 Å². The van der Waals surface area contributed by atoms with Crippen molar-refractivity contribution < 1.29 is 19.0 Å². The molecular weight excluding hydrogens is 299 g/mol. The standard InChI is InChI=1S/C17H25FN2O3/c1-17(2,3)23-16(22)20-10-15(12-4-5-12)19-9-11-6-13(18)8-14(21)7-11/h6-8,12,15,19,21H,4-5,9-10H2,1-3H3,(H,20,22). The largest absolute Gasteiger partial charge is 0.508 e. The number of rotatable bonds is 6. The first-order valence-electron chi connectivity index (χ1n) is 7.91. The molecule has 2 rings (SSSR count). The van der Waals surface area contributed by atoms with Crippen LogP contribution in [0.15, 0.2) is 18.2 Å². The Balaban J connectivity index is 1.83. The van der Waals surface area contributed by atoms with Gasteiger partial charge >= 0.3 is 6.09 Å². The lowest BCUT2D eigenvalue weighted by Crippen LogP contribution is -2.43. The van der Waals surface area contributed by atoms with Crippen molar-refractivity contribution >= 4 is 6.09 Å². The molecule has 0 saturated heterocycles. The summed E-state index contributed by atoms with van der Waals surface area (Å²) in [6.07, 6.45) is 1.79. The van der Waals surface area contributed by atoms with E-state index in [0.29, 0.717) is 24.6 Å². The van der Waals surface area contributed by atoms with E-state index in [4.69, 9.17) is 4.74 Å². The molecule has 1 aliphatic rings. The number of hydrogen-bond donors (Lipinski definition) is 3. The highest BCUT2D eigenvalue weighted by Crippen LogP contribution is 2.32. The third kappa shape index (κ3) is 6.44. The van der Waals surface area contributed by atoms with Gasteiger partial charge < -0.3 is 20.5 Å². The number of phenols is 1. The number of alkyl carbamates (subject to hydrolysis) is 1. The van der Waals surface area contributed by atoms with E-state index in [2.05, 4.69) is 10.6 Å². The Morgan fingerprint density at radius 2 is 2.09 bits per heavy atom. The van der Waals surface area contributed by atoms with E-state index in [1.165, 1.54) is 12.1 Å². The van der Waals surface area contributed by atoms with E-state index < -0.39 is 17.5 Å². The van der Waals surface area contributed by atoms with Gasteiger partial charge in [-0.1, -0.05) is 0 Å². The summed E-state index contributed by atoms with van der Waals surface area (Å²) in [5.41, 5.74) is 0.150. The molecule has 1 atom stereocenters. The van der Waals surface area contributed by atoms with Gasteiger partial charge in [0.05, 0.1) is 0 Å². The van der Waals surface area contributed by atoms with Crippen LogP contribution in [0, 0.1) is 11.7 Å². The zero-order valence-electron chi connectivity index (χ0n) is 13.9. The first-order valence-corrected chi connectivity index (χ1v) is 7.91. The van der Waals surface area contributed by atoms with Gasteiger partial charge in [-0.05, 0) is 57.2 Å². The highest BCUT2D eigenvalue weighted by molar-refractivity contribution is 5.67. The summed E-state index contributed by atoms with van der Waals surface area (Å²) in [4.78, 5) is 11.7. The zero-order valence-corrected chi connectivity index (χ0v) is 13.9. The van der Waals surface area contributed by atoms with Gasteiger partial charge in [0.1, 0.15) is 17.2 Å². The van der Waals surface area contributed by atoms with Gasteiger partial charge in [0.15, 0.2) is 0 Å². The molecule has 128 valence electrons. The van der Waals surface area contributed by atoms with Crippen LogP contribution in [0.1, 0.15) is 39.2 Å². The van der Waals surface area contributed by atoms with E-state index >= 15 is 0 Å². The molecule has 0 bridgehead atoms. The molecule has 1 saturated carbocycles. The number of phenolic OH excluding ortho intramolecular Hbond substituents is 1. The number of carbonyl (C=O) groups is 1. The Morgan fingerprint density at radius 3 is 2.65 bits per heavy atom. The van der Waals surface area contributed by atoms with Crippen molar-refractivity contribution in [3.05, 3.63) is 29.6 Å². The van der Waals surface area contributed by atoms with Gasteiger partial charge in [-0.25, -0.2) is 9.18 Å². The first kappa shape index (κ1) is 17.5. The zero-order chi connectivity index (χ0) is 17.0. The summed E-state index contributed by atoms with van der Waals surface area (Å²) in [5.74, 6) is -0.0413. The number of carbonyl (C=O) groups excluding carboxylic acids is 1. The van der Waals surface area contributed by atoms with Crippen LogP contribution in [-0.2, 0) is 11.3 Å². The number of benzene rings is 1.